The Balaban J connectivity index is 1.44. The molecule has 1 fully saturated rings. The predicted octanol–water partition coefficient (Wildman–Crippen LogP) is 1.61. The highest BCUT2D eigenvalue weighted by molar-refractivity contribution is 5.96. The monoisotopic (exact) mass is 355 g/mol. The van der Waals surface area contributed by atoms with E-state index in [2.05, 4.69) is 20.1 Å². The summed E-state index contributed by atoms with van der Waals surface area (Å²) in [5.41, 5.74) is 7.67. The Morgan fingerprint density at radius 2 is 2.23 bits per heavy atom. The largest absolute Gasteiger partial charge is 0.369 e. The van der Waals surface area contributed by atoms with Crippen molar-refractivity contribution >= 4 is 23.0 Å². The number of likely N-dealkylation sites (N-methyl/N-ethyl adjacent to an activating group) is 1. The maximum atomic E-state index is 12.7. The third kappa shape index (κ3) is 3.00. The van der Waals surface area contributed by atoms with Crippen LogP contribution in [0.2, 0.25) is 0 Å². The number of aromatic nitrogens is 5. The Hall–Kier alpha value is -2.97. The summed E-state index contributed by atoms with van der Waals surface area (Å²) in [5, 5.41) is 3.98. The van der Waals surface area contributed by atoms with Gasteiger partial charge in [0.2, 0.25) is 11.8 Å². The van der Waals surface area contributed by atoms with E-state index < -0.39 is 0 Å². The topological polar surface area (TPSA) is 116 Å². The van der Waals surface area contributed by atoms with Crippen LogP contribution in [0.25, 0.3) is 11.2 Å². The number of nitrogens with zero attached hydrogens (tertiary/aromatic N) is 6. The quantitative estimate of drug-likeness (QED) is 0.714. The first-order chi connectivity index (χ1) is 12.6. The highest BCUT2D eigenvalue weighted by Gasteiger charge is 2.29. The number of pyridine rings is 1. The molecule has 3 aromatic rings. The Kier molecular flexibility index (Phi) is 4.06. The molecule has 0 saturated heterocycles. The molecule has 26 heavy (non-hydrogen) atoms. The zero-order valence-electron chi connectivity index (χ0n) is 14.8. The smallest absolute Gasteiger partial charge is 0.255 e. The van der Waals surface area contributed by atoms with Crippen molar-refractivity contribution in [2.75, 3.05) is 19.3 Å². The van der Waals surface area contributed by atoms with Crippen LogP contribution in [0, 0.1) is 0 Å². The molecule has 2 N–H and O–H groups in total. The second kappa shape index (κ2) is 6.40. The van der Waals surface area contributed by atoms with Crippen molar-refractivity contribution < 1.29 is 9.32 Å². The molecule has 9 nitrogen and oxygen atoms in total. The molecule has 3 aromatic heterocycles. The summed E-state index contributed by atoms with van der Waals surface area (Å²) < 4.78 is 7.05. The fourth-order valence-electron chi connectivity index (χ4n) is 2.91. The van der Waals surface area contributed by atoms with Crippen LogP contribution in [0.5, 0.6) is 0 Å². The van der Waals surface area contributed by atoms with Crippen LogP contribution in [0.3, 0.4) is 0 Å². The van der Waals surface area contributed by atoms with Gasteiger partial charge in [-0.15, -0.1) is 0 Å². The fourth-order valence-corrected chi connectivity index (χ4v) is 2.91. The second-order valence-corrected chi connectivity index (χ2v) is 6.58. The summed E-state index contributed by atoms with van der Waals surface area (Å²) in [6.45, 7) is 3.14. The average molecular weight is 355 g/mol. The van der Waals surface area contributed by atoms with E-state index >= 15 is 0 Å². The van der Waals surface area contributed by atoms with Crippen LogP contribution >= 0.6 is 0 Å². The Morgan fingerprint density at radius 3 is 2.96 bits per heavy atom. The molecule has 0 aliphatic heterocycles. The summed E-state index contributed by atoms with van der Waals surface area (Å²) in [4.78, 5) is 27.3. The lowest BCUT2D eigenvalue weighted by atomic mass is 10.2. The molecule has 1 aliphatic carbocycles. The molecule has 4 rings (SSSR count). The van der Waals surface area contributed by atoms with Crippen molar-refractivity contribution in [3.8, 4) is 0 Å². The van der Waals surface area contributed by atoms with E-state index in [9.17, 15) is 4.79 Å². The van der Waals surface area contributed by atoms with Crippen molar-refractivity contribution in [1.29, 1.82) is 0 Å². The van der Waals surface area contributed by atoms with Crippen LogP contribution < -0.4 is 5.73 Å². The van der Waals surface area contributed by atoms with Gasteiger partial charge in [0, 0.05) is 38.7 Å². The van der Waals surface area contributed by atoms with Gasteiger partial charge in [0.25, 0.3) is 5.91 Å². The number of nitrogens with two attached hydrogens (primary N) is 1. The molecular weight excluding hydrogens is 334 g/mol. The van der Waals surface area contributed by atoms with Crippen molar-refractivity contribution in [2.45, 2.75) is 38.6 Å². The van der Waals surface area contributed by atoms with Gasteiger partial charge in [-0.2, -0.15) is 4.98 Å². The highest BCUT2D eigenvalue weighted by atomic mass is 16.5. The minimum atomic E-state index is -0.130. The lowest BCUT2D eigenvalue weighted by molar-refractivity contribution is 0.0795. The van der Waals surface area contributed by atoms with Crippen LogP contribution in [0.1, 0.15) is 47.8 Å². The van der Waals surface area contributed by atoms with Gasteiger partial charge >= 0.3 is 0 Å². The number of rotatable bonds is 6. The molecule has 1 aliphatic rings. The number of aryl methyl sites for hydroxylation is 1. The number of hydrogen-bond donors (Lipinski definition) is 1. The van der Waals surface area contributed by atoms with Gasteiger partial charge in [0.05, 0.1) is 5.56 Å². The van der Waals surface area contributed by atoms with Crippen LogP contribution in [-0.4, -0.2) is 49.1 Å². The number of nitrogen functional groups attached to an aromatic ring is 1. The maximum Gasteiger partial charge on any atom is 0.255 e. The van der Waals surface area contributed by atoms with Crippen LogP contribution in [0.4, 0.5) is 5.95 Å². The third-order valence-electron chi connectivity index (χ3n) is 4.61. The zero-order chi connectivity index (χ0) is 18.3. The van der Waals surface area contributed by atoms with E-state index in [-0.39, 0.29) is 5.91 Å². The van der Waals surface area contributed by atoms with E-state index in [4.69, 9.17) is 10.3 Å². The summed E-state index contributed by atoms with van der Waals surface area (Å²) in [5.74, 6) is 2.05. The number of fused-ring (bicyclic) bond motifs is 1. The van der Waals surface area contributed by atoms with Gasteiger partial charge in [-0.25, -0.2) is 9.97 Å². The van der Waals surface area contributed by atoms with Crippen molar-refractivity contribution in [2.24, 2.45) is 0 Å². The number of carbonyl (C=O) groups excluding carboxylic acids is 1. The van der Waals surface area contributed by atoms with Crippen LogP contribution in [-0.2, 0) is 13.0 Å². The van der Waals surface area contributed by atoms with Crippen LogP contribution in [0.15, 0.2) is 16.8 Å². The molecule has 1 amide bonds. The van der Waals surface area contributed by atoms with Crippen molar-refractivity contribution in [3.63, 3.8) is 0 Å². The van der Waals surface area contributed by atoms with Gasteiger partial charge in [-0.1, -0.05) is 5.16 Å². The summed E-state index contributed by atoms with van der Waals surface area (Å²) in [6.07, 6.45) is 4.35. The normalized spacial score (nSPS) is 14.1. The Bertz CT molecular complexity index is 957. The lowest BCUT2D eigenvalue weighted by Gasteiger charge is -2.15. The second-order valence-electron chi connectivity index (χ2n) is 6.58. The molecule has 9 heteroatoms. The van der Waals surface area contributed by atoms with E-state index in [1.54, 1.807) is 28.8 Å². The SMILES string of the molecule is CCn1c(N)nc2cc(C(=O)N(C)CCc3noc(C4CC4)n3)cnc21. The van der Waals surface area contributed by atoms with E-state index in [1.165, 1.54) is 0 Å². The minimum Gasteiger partial charge on any atom is -0.369 e. The maximum absolute atomic E-state index is 12.7. The van der Waals surface area contributed by atoms with E-state index in [0.29, 0.717) is 59.8 Å². The molecule has 0 unspecified atom stereocenters. The van der Waals surface area contributed by atoms with E-state index in [1.807, 2.05) is 6.92 Å². The molecule has 0 bridgehead atoms. The van der Waals surface area contributed by atoms with Crippen molar-refractivity contribution in [3.05, 3.63) is 29.5 Å². The average Bonchev–Trinajstić information content (AvgIpc) is 3.29. The van der Waals surface area contributed by atoms with Gasteiger partial charge in [-0.05, 0) is 25.8 Å². The molecule has 0 atom stereocenters. The molecule has 3 heterocycles. The van der Waals surface area contributed by atoms with Gasteiger partial charge < -0.3 is 15.2 Å². The van der Waals surface area contributed by atoms with Crippen molar-refractivity contribution in [1.82, 2.24) is 29.6 Å². The van der Waals surface area contributed by atoms with Gasteiger partial charge in [-0.3, -0.25) is 9.36 Å². The Labute approximate surface area is 150 Å². The fraction of sp³-hybridized carbons (Fsp3) is 0.471. The molecule has 1 saturated carbocycles. The summed E-state index contributed by atoms with van der Waals surface area (Å²) in [6, 6.07) is 1.73. The number of hydrogen-bond acceptors (Lipinski definition) is 7. The first-order valence-corrected chi connectivity index (χ1v) is 8.76. The highest BCUT2D eigenvalue weighted by Crippen LogP contribution is 2.38. The van der Waals surface area contributed by atoms with Gasteiger partial charge in [0.15, 0.2) is 11.5 Å². The minimum absolute atomic E-state index is 0.130. The first-order valence-electron chi connectivity index (χ1n) is 8.76. The summed E-state index contributed by atoms with van der Waals surface area (Å²) in [7, 11) is 1.74. The number of anilines is 1. The molecule has 0 radical (unpaired) electrons. The van der Waals surface area contributed by atoms with Gasteiger partial charge in [0.1, 0.15) is 5.52 Å². The number of carbonyl (C=O) groups is 1. The molecule has 136 valence electrons. The molecule has 0 spiro atoms. The molecule has 0 aromatic carbocycles. The Morgan fingerprint density at radius 1 is 1.42 bits per heavy atom. The van der Waals surface area contributed by atoms with E-state index in [0.717, 1.165) is 12.8 Å². The predicted molar refractivity (Wildman–Crippen MR) is 94.6 cm³/mol. The summed E-state index contributed by atoms with van der Waals surface area (Å²) >= 11 is 0. The molecular formula is C17H21N7O2. The number of amides is 1. The third-order valence-corrected chi connectivity index (χ3v) is 4.61. The standard InChI is InChI=1S/C17H21N7O2/c1-3-24-14-12(20-17(24)18)8-11(9-19-14)16(25)23(2)7-6-13-21-15(26-22-13)10-4-5-10/h8-10H,3-7H2,1-2H3,(H2,18,20). The lowest BCUT2D eigenvalue weighted by Crippen LogP contribution is -2.29. The first kappa shape index (κ1) is 16.5. The number of imidazole rings is 1. The zero-order valence-corrected chi connectivity index (χ0v) is 14.8.